The summed E-state index contributed by atoms with van der Waals surface area (Å²) in [5, 5.41) is 2.70. The lowest BCUT2D eigenvalue weighted by Gasteiger charge is -2.10. The zero-order valence-electron chi connectivity index (χ0n) is 10.9. The predicted molar refractivity (Wildman–Crippen MR) is 77.2 cm³/mol. The molecule has 0 atom stereocenters. The summed E-state index contributed by atoms with van der Waals surface area (Å²) in [6, 6.07) is 10.6. The molecule has 0 saturated carbocycles. The van der Waals surface area contributed by atoms with Gasteiger partial charge in [0.25, 0.3) is 5.91 Å². The van der Waals surface area contributed by atoms with Gasteiger partial charge < -0.3 is 19.2 Å². The van der Waals surface area contributed by atoms with Crippen LogP contribution >= 0.6 is 15.9 Å². The fourth-order valence-electron chi connectivity index (χ4n) is 1.59. The molecule has 1 amide bonds. The summed E-state index contributed by atoms with van der Waals surface area (Å²) in [7, 11) is 1.58. The maximum atomic E-state index is 11.7. The molecular weight excluding hydrogens is 326 g/mol. The monoisotopic (exact) mass is 339 g/mol. The molecule has 1 aromatic heterocycles. The van der Waals surface area contributed by atoms with E-state index in [1.807, 2.05) is 24.3 Å². The molecule has 5 nitrogen and oxygen atoms in total. The summed E-state index contributed by atoms with van der Waals surface area (Å²) in [6.45, 7) is 0.712. The number of ether oxygens (including phenoxy) is 2. The number of hydrogen-bond donors (Lipinski definition) is 1. The third kappa shape index (κ3) is 3.77. The molecule has 0 aliphatic heterocycles. The highest BCUT2D eigenvalue weighted by Gasteiger charge is 2.09. The van der Waals surface area contributed by atoms with Gasteiger partial charge in [0.05, 0.1) is 13.7 Å². The zero-order valence-corrected chi connectivity index (χ0v) is 12.5. The average Bonchev–Trinajstić information content (AvgIpc) is 2.90. The normalized spacial score (nSPS) is 10.1. The lowest BCUT2D eigenvalue weighted by Crippen LogP contribution is -2.27. The molecule has 0 aliphatic carbocycles. The first-order valence-electron chi connectivity index (χ1n) is 6.00. The van der Waals surface area contributed by atoms with Crippen molar-refractivity contribution in [1.82, 2.24) is 5.32 Å². The number of furan rings is 1. The number of hydrogen-bond acceptors (Lipinski definition) is 4. The van der Waals surface area contributed by atoms with E-state index < -0.39 is 0 Å². The van der Waals surface area contributed by atoms with Crippen molar-refractivity contribution in [1.29, 1.82) is 0 Å². The summed E-state index contributed by atoms with van der Waals surface area (Å²) < 4.78 is 16.4. The summed E-state index contributed by atoms with van der Waals surface area (Å²) in [5.74, 6) is 1.28. The van der Waals surface area contributed by atoms with Crippen LogP contribution in [-0.4, -0.2) is 26.2 Å². The molecule has 0 fully saturated rings. The smallest absolute Gasteiger partial charge is 0.287 e. The van der Waals surface area contributed by atoms with Crippen molar-refractivity contribution in [3.05, 3.63) is 46.8 Å². The Balaban J connectivity index is 1.78. The maximum absolute atomic E-state index is 11.7. The standard InChI is InChI=1S/C14H14BrNO4/c1-18-10-4-2-3-5-11(10)19-9-8-16-14(17)12-6-7-13(15)20-12/h2-7H,8-9H2,1H3,(H,16,17). The van der Waals surface area contributed by atoms with Crippen LogP contribution in [0.3, 0.4) is 0 Å². The Kier molecular flexibility index (Phi) is 5.06. The van der Waals surface area contributed by atoms with Gasteiger partial charge in [-0.25, -0.2) is 0 Å². The number of nitrogens with one attached hydrogen (secondary N) is 1. The second kappa shape index (κ2) is 7.00. The van der Waals surface area contributed by atoms with Gasteiger partial charge in [0.15, 0.2) is 21.9 Å². The number of carbonyl (C=O) groups excluding carboxylic acids is 1. The first-order valence-corrected chi connectivity index (χ1v) is 6.79. The van der Waals surface area contributed by atoms with Gasteiger partial charge in [0, 0.05) is 0 Å². The molecular formula is C14H14BrNO4. The van der Waals surface area contributed by atoms with Crippen molar-refractivity contribution in [3.63, 3.8) is 0 Å². The second-order valence-corrected chi connectivity index (χ2v) is 4.64. The van der Waals surface area contributed by atoms with Crippen molar-refractivity contribution in [2.24, 2.45) is 0 Å². The fourth-order valence-corrected chi connectivity index (χ4v) is 1.89. The van der Waals surface area contributed by atoms with E-state index >= 15 is 0 Å². The molecule has 2 rings (SSSR count). The van der Waals surface area contributed by atoms with Gasteiger partial charge in [0.2, 0.25) is 0 Å². The van der Waals surface area contributed by atoms with Gasteiger partial charge in [-0.2, -0.15) is 0 Å². The highest BCUT2D eigenvalue weighted by atomic mass is 79.9. The third-order valence-electron chi connectivity index (χ3n) is 2.51. The Bertz CT molecular complexity index is 582. The predicted octanol–water partition coefficient (Wildman–Crippen LogP) is 2.86. The van der Waals surface area contributed by atoms with Crippen LogP contribution in [0.1, 0.15) is 10.6 Å². The second-order valence-electron chi connectivity index (χ2n) is 3.86. The van der Waals surface area contributed by atoms with Gasteiger partial charge in [-0.15, -0.1) is 0 Å². The first kappa shape index (κ1) is 14.5. The number of benzene rings is 1. The van der Waals surface area contributed by atoms with E-state index in [-0.39, 0.29) is 11.7 Å². The molecule has 0 spiro atoms. The van der Waals surface area contributed by atoms with Crippen LogP contribution in [-0.2, 0) is 0 Å². The van der Waals surface area contributed by atoms with E-state index in [1.165, 1.54) is 0 Å². The number of rotatable bonds is 6. The minimum absolute atomic E-state index is 0.258. The quantitative estimate of drug-likeness (QED) is 0.822. The Morgan fingerprint density at radius 1 is 1.25 bits per heavy atom. The van der Waals surface area contributed by atoms with Crippen molar-refractivity contribution in [3.8, 4) is 11.5 Å². The third-order valence-corrected chi connectivity index (χ3v) is 2.94. The van der Waals surface area contributed by atoms with Gasteiger partial charge >= 0.3 is 0 Å². The molecule has 0 radical (unpaired) electrons. The number of amides is 1. The van der Waals surface area contributed by atoms with Crippen LogP contribution in [0, 0.1) is 0 Å². The number of methoxy groups -OCH3 is 1. The molecule has 106 valence electrons. The van der Waals surface area contributed by atoms with Crippen molar-refractivity contribution >= 4 is 21.8 Å². The minimum Gasteiger partial charge on any atom is -0.493 e. The SMILES string of the molecule is COc1ccccc1OCCNC(=O)c1ccc(Br)o1. The summed E-state index contributed by atoms with van der Waals surface area (Å²) in [6.07, 6.45) is 0. The van der Waals surface area contributed by atoms with Crippen LogP contribution in [0.5, 0.6) is 11.5 Å². The van der Waals surface area contributed by atoms with Gasteiger partial charge in [-0.1, -0.05) is 12.1 Å². The number of para-hydroxylation sites is 2. The van der Waals surface area contributed by atoms with Crippen molar-refractivity contribution in [2.45, 2.75) is 0 Å². The Labute approximate surface area is 125 Å². The number of carbonyl (C=O) groups is 1. The molecule has 1 N–H and O–H groups in total. The molecule has 6 heteroatoms. The van der Waals surface area contributed by atoms with Crippen LogP contribution in [0.25, 0.3) is 0 Å². The molecule has 1 heterocycles. The van der Waals surface area contributed by atoms with Gasteiger partial charge in [-0.05, 0) is 40.2 Å². The van der Waals surface area contributed by atoms with Crippen LogP contribution < -0.4 is 14.8 Å². The molecule has 1 aromatic carbocycles. The van der Waals surface area contributed by atoms with E-state index in [2.05, 4.69) is 21.2 Å². The van der Waals surface area contributed by atoms with E-state index in [9.17, 15) is 4.79 Å². The molecule has 20 heavy (non-hydrogen) atoms. The highest BCUT2D eigenvalue weighted by molar-refractivity contribution is 9.10. The fraction of sp³-hybridized carbons (Fsp3) is 0.214. The van der Waals surface area contributed by atoms with Gasteiger partial charge in [0.1, 0.15) is 6.61 Å². The summed E-state index contributed by atoms with van der Waals surface area (Å²) in [5.41, 5.74) is 0. The Morgan fingerprint density at radius 2 is 2.00 bits per heavy atom. The highest BCUT2D eigenvalue weighted by Crippen LogP contribution is 2.25. The lowest BCUT2D eigenvalue weighted by molar-refractivity contribution is 0.0918. The van der Waals surface area contributed by atoms with Crippen LogP contribution in [0.2, 0.25) is 0 Å². The summed E-state index contributed by atoms with van der Waals surface area (Å²) in [4.78, 5) is 11.7. The summed E-state index contributed by atoms with van der Waals surface area (Å²) >= 11 is 3.14. The lowest BCUT2D eigenvalue weighted by atomic mass is 10.3. The molecule has 0 unspecified atom stereocenters. The van der Waals surface area contributed by atoms with Crippen molar-refractivity contribution < 1.29 is 18.7 Å². The van der Waals surface area contributed by atoms with Crippen molar-refractivity contribution in [2.75, 3.05) is 20.3 Å². The topological polar surface area (TPSA) is 60.7 Å². The Morgan fingerprint density at radius 3 is 2.65 bits per heavy atom. The van der Waals surface area contributed by atoms with E-state index in [0.29, 0.717) is 29.3 Å². The first-order chi connectivity index (χ1) is 9.70. The van der Waals surface area contributed by atoms with Crippen LogP contribution in [0.4, 0.5) is 0 Å². The maximum Gasteiger partial charge on any atom is 0.287 e. The molecule has 2 aromatic rings. The number of halogens is 1. The van der Waals surface area contributed by atoms with E-state index in [4.69, 9.17) is 13.9 Å². The van der Waals surface area contributed by atoms with E-state index in [1.54, 1.807) is 19.2 Å². The van der Waals surface area contributed by atoms with E-state index in [0.717, 1.165) is 0 Å². The Hall–Kier alpha value is -1.95. The van der Waals surface area contributed by atoms with Gasteiger partial charge in [-0.3, -0.25) is 4.79 Å². The van der Waals surface area contributed by atoms with Crippen LogP contribution in [0.15, 0.2) is 45.5 Å². The molecule has 0 saturated heterocycles. The zero-order chi connectivity index (χ0) is 14.4. The minimum atomic E-state index is -0.278. The largest absolute Gasteiger partial charge is 0.493 e. The molecule has 0 bridgehead atoms. The molecule has 0 aliphatic rings. The average molecular weight is 340 g/mol.